The molecule has 0 amide bonds. The number of nitrogens with zero attached hydrogens (tertiary/aromatic N) is 2. The van der Waals surface area contributed by atoms with E-state index in [1.165, 1.54) is 12.1 Å². The van der Waals surface area contributed by atoms with E-state index in [2.05, 4.69) is 9.98 Å². The first kappa shape index (κ1) is 17.1. The minimum atomic E-state index is -0.277. The zero-order valence-corrected chi connectivity index (χ0v) is 15.2. The Labute approximate surface area is 166 Å². The largest absolute Gasteiger partial charge is 0.455 e. The van der Waals surface area contributed by atoms with Crippen molar-refractivity contribution < 1.29 is 13.2 Å². The highest BCUT2D eigenvalue weighted by Gasteiger charge is 2.08. The van der Waals surface area contributed by atoms with E-state index in [0.29, 0.717) is 23.0 Å². The van der Waals surface area contributed by atoms with Gasteiger partial charge in [0, 0.05) is 11.1 Å². The third kappa shape index (κ3) is 3.58. The van der Waals surface area contributed by atoms with Crippen LogP contribution in [0.4, 0.5) is 10.1 Å². The molecule has 0 saturated carbocycles. The van der Waals surface area contributed by atoms with Gasteiger partial charge in [-0.2, -0.15) is 0 Å². The average molecular weight is 382 g/mol. The molecular formula is C24H15FN2O2. The van der Waals surface area contributed by atoms with Gasteiger partial charge in [-0.1, -0.05) is 18.2 Å². The maximum absolute atomic E-state index is 13.1. The normalized spacial score (nSPS) is 11.5. The molecule has 0 bridgehead atoms. The van der Waals surface area contributed by atoms with Crippen LogP contribution >= 0.6 is 0 Å². The summed E-state index contributed by atoms with van der Waals surface area (Å²) < 4.78 is 24.7. The van der Waals surface area contributed by atoms with E-state index in [-0.39, 0.29) is 5.82 Å². The maximum Gasteiger partial charge on any atom is 0.227 e. The van der Waals surface area contributed by atoms with Crippen molar-refractivity contribution in [1.82, 2.24) is 4.98 Å². The van der Waals surface area contributed by atoms with Crippen molar-refractivity contribution in [2.24, 2.45) is 4.99 Å². The summed E-state index contributed by atoms with van der Waals surface area (Å²) in [5, 5.41) is 0. The van der Waals surface area contributed by atoms with Gasteiger partial charge in [0.1, 0.15) is 22.9 Å². The minimum absolute atomic E-state index is 0.277. The van der Waals surface area contributed by atoms with Crippen molar-refractivity contribution in [3.05, 3.63) is 96.5 Å². The molecule has 5 rings (SSSR count). The second-order valence-electron chi connectivity index (χ2n) is 6.50. The van der Waals surface area contributed by atoms with E-state index < -0.39 is 0 Å². The SMILES string of the molecule is Fc1ccc(-c2ccc(C=Nc3ccc4oc(-c5ccccc5)nc4c3)o2)cc1. The summed E-state index contributed by atoms with van der Waals surface area (Å²) in [6.07, 6.45) is 1.65. The molecule has 0 aliphatic carbocycles. The van der Waals surface area contributed by atoms with Gasteiger partial charge in [0.2, 0.25) is 5.89 Å². The van der Waals surface area contributed by atoms with Crippen LogP contribution in [-0.4, -0.2) is 11.2 Å². The third-order valence-corrected chi connectivity index (χ3v) is 4.49. The number of aromatic nitrogens is 1. The second-order valence-corrected chi connectivity index (χ2v) is 6.50. The molecule has 2 heterocycles. The molecule has 0 aliphatic rings. The van der Waals surface area contributed by atoms with Gasteiger partial charge in [-0.05, 0) is 66.7 Å². The Bertz CT molecular complexity index is 1300. The second kappa shape index (κ2) is 7.20. The van der Waals surface area contributed by atoms with Crippen LogP contribution in [0.3, 0.4) is 0 Å². The van der Waals surface area contributed by atoms with Crippen LogP contribution in [0.1, 0.15) is 5.76 Å². The molecule has 4 nitrogen and oxygen atoms in total. The van der Waals surface area contributed by atoms with E-state index in [0.717, 1.165) is 22.3 Å². The molecule has 3 aromatic carbocycles. The molecule has 0 aliphatic heterocycles. The fraction of sp³-hybridized carbons (Fsp3) is 0. The first-order valence-electron chi connectivity index (χ1n) is 9.10. The summed E-state index contributed by atoms with van der Waals surface area (Å²) >= 11 is 0. The van der Waals surface area contributed by atoms with E-state index >= 15 is 0 Å². The number of hydrogen-bond donors (Lipinski definition) is 0. The Morgan fingerprint density at radius 2 is 1.62 bits per heavy atom. The van der Waals surface area contributed by atoms with Crippen LogP contribution in [0, 0.1) is 5.82 Å². The lowest BCUT2D eigenvalue weighted by Gasteiger charge is -1.96. The first-order chi connectivity index (χ1) is 14.2. The smallest absolute Gasteiger partial charge is 0.227 e. The highest BCUT2D eigenvalue weighted by Crippen LogP contribution is 2.27. The molecule has 0 radical (unpaired) electrons. The van der Waals surface area contributed by atoms with E-state index in [1.807, 2.05) is 60.7 Å². The molecule has 0 saturated heterocycles. The lowest BCUT2D eigenvalue weighted by atomic mass is 10.2. The molecule has 0 fully saturated rings. The predicted octanol–water partition coefficient (Wildman–Crippen LogP) is 6.64. The molecular weight excluding hydrogens is 367 g/mol. The van der Waals surface area contributed by atoms with Crippen molar-refractivity contribution >= 4 is 23.0 Å². The van der Waals surface area contributed by atoms with Crippen LogP contribution in [0.2, 0.25) is 0 Å². The number of aliphatic imine (C=N–C) groups is 1. The molecule has 0 spiro atoms. The number of benzene rings is 3. The Morgan fingerprint density at radius 1 is 0.793 bits per heavy atom. The van der Waals surface area contributed by atoms with Crippen molar-refractivity contribution in [3.63, 3.8) is 0 Å². The van der Waals surface area contributed by atoms with Crippen molar-refractivity contribution in [2.45, 2.75) is 0 Å². The molecule has 140 valence electrons. The van der Waals surface area contributed by atoms with E-state index in [9.17, 15) is 4.39 Å². The number of fused-ring (bicyclic) bond motifs is 1. The topological polar surface area (TPSA) is 51.5 Å². The zero-order valence-electron chi connectivity index (χ0n) is 15.2. The molecule has 0 atom stereocenters. The lowest BCUT2D eigenvalue weighted by Crippen LogP contribution is -1.77. The van der Waals surface area contributed by atoms with Gasteiger partial charge >= 0.3 is 0 Å². The summed E-state index contributed by atoms with van der Waals surface area (Å²) in [6, 6.07) is 25.2. The fourth-order valence-corrected chi connectivity index (χ4v) is 3.03. The molecule has 0 N–H and O–H groups in total. The molecule has 0 unspecified atom stereocenters. The van der Waals surface area contributed by atoms with Crippen LogP contribution in [-0.2, 0) is 0 Å². The van der Waals surface area contributed by atoms with Crippen molar-refractivity contribution in [1.29, 1.82) is 0 Å². The van der Waals surface area contributed by atoms with Crippen molar-refractivity contribution in [3.8, 4) is 22.8 Å². The lowest BCUT2D eigenvalue weighted by molar-refractivity contribution is 0.574. The van der Waals surface area contributed by atoms with Crippen molar-refractivity contribution in [2.75, 3.05) is 0 Å². The van der Waals surface area contributed by atoms with Crippen LogP contribution in [0.15, 0.2) is 98.8 Å². The number of hydrogen-bond acceptors (Lipinski definition) is 4. The molecule has 5 heteroatoms. The number of rotatable bonds is 4. The molecule has 29 heavy (non-hydrogen) atoms. The fourth-order valence-electron chi connectivity index (χ4n) is 3.03. The van der Waals surface area contributed by atoms with E-state index in [1.54, 1.807) is 18.3 Å². The van der Waals surface area contributed by atoms with Gasteiger partial charge < -0.3 is 8.83 Å². The van der Waals surface area contributed by atoms with Crippen LogP contribution in [0.5, 0.6) is 0 Å². The Hall–Kier alpha value is -3.99. The summed E-state index contributed by atoms with van der Waals surface area (Å²) in [5.41, 5.74) is 3.93. The summed E-state index contributed by atoms with van der Waals surface area (Å²) in [5.74, 6) is 1.57. The van der Waals surface area contributed by atoms with Gasteiger partial charge in [-0.3, -0.25) is 4.99 Å². The van der Waals surface area contributed by atoms with Gasteiger partial charge in [0.05, 0.1) is 11.9 Å². The van der Waals surface area contributed by atoms with Gasteiger partial charge in [0.25, 0.3) is 0 Å². The first-order valence-corrected chi connectivity index (χ1v) is 9.10. The summed E-state index contributed by atoms with van der Waals surface area (Å²) in [4.78, 5) is 9.02. The van der Waals surface area contributed by atoms with E-state index in [4.69, 9.17) is 8.83 Å². The quantitative estimate of drug-likeness (QED) is 0.327. The Kier molecular flexibility index (Phi) is 4.26. The Morgan fingerprint density at radius 3 is 2.45 bits per heavy atom. The van der Waals surface area contributed by atoms with Crippen LogP contribution in [0.25, 0.3) is 33.9 Å². The Balaban J connectivity index is 1.39. The maximum atomic E-state index is 13.1. The standard InChI is InChI=1S/C24H15FN2O2/c25-18-8-6-16(7-9-18)22-13-11-20(28-22)15-26-19-10-12-23-21(14-19)27-24(29-23)17-4-2-1-3-5-17/h1-15H. The molecule has 5 aromatic rings. The van der Waals surface area contributed by atoms with Gasteiger partial charge in [-0.15, -0.1) is 0 Å². The van der Waals surface area contributed by atoms with Gasteiger partial charge in [-0.25, -0.2) is 9.37 Å². The monoisotopic (exact) mass is 382 g/mol. The molecule has 2 aromatic heterocycles. The number of furan rings is 1. The number of oxazole rings is 1. The average Bonchev–Trinajstić information content (AvgIpc) is 3.40. The van der Waals surface area contributed by atoms with Crippen LogP contribution < -0.4 is 0 Å². The minimum Gasteiger partial charge on any atom is -0.455 e. The third-order valence-electron chi connectivity index (χ3n) is 4.49. The van der Waals surface area contributed by atoms with Gasteiger partial charge in [0.15, 0.2) is 5.58 Å². The predicted molar refractivity (Wildman–Crippen MR) is 111 cm³/mol. The number of halogens is 1. The highest BCUT2D eigenvalue weighted by atomic mass is 19.1. The summed E-state index contributed by atoms with van der Waals surface area (Å²) in [6.45, 7) is 0. The highest BCUT2D eigenvalue weighted by molar-refractivity contribution is 5.83. The zero-order chi connectivity index (χ0) is 19.6. The summed E-state index contributed by atoms with van der Waals surface area (Å²) in [7, 11) is 0.